The van der Waals surface area contributed by atoms with Gasteiger partial charge in [0.05, 0.1) is 22.5 Å². The Labute approximate surface area is 145 Å². The summed E-state index contributed by atoms with van der Waals surface area (Å²) in [5.41, 5.74) is 1.30. The van der Waals surface area contributed by atoms with E-state index in [-0.39, 0.29) is 11.8 Å². The number of hydrogen-bond donors (Lipinski definition) is 0. The first-order chi connectivity index (χ1) is 11.7. The largest absolute Gasteiger partial charge is 0.468 e. The molecule has 4 nitrogen and oxygen atoms in total. The Morgan fingerprint density at radius 2 is 1.83 bits per heavy atom. The second-order valence-electron chi connectivity index (χ2n) is 5.55. The van der Waals surface area contributed by atoms with Crippen molar-refractivity contribution < 1.29 is 14.0 Å². The Balaban J connectivity index is 1.91. The summed E-state index contributed by atoms with van der Waals surface area (Å²) in [6.45, 7) is 2.51. The zero-order valence-corrected chi connectivity index (χ0v) is 14.3. The van der Waals surface area contributed by atoms with Gasteiger partial charge in [0.1, 0.15) is 5.76 Å². The van der Waals surface area contributed by atoms with E-state index in [0.717, 1.165) is 24.2 Å². The van der Waals surface area contributed by atoms with E-state index >= 15 is 0 Å². The van der Waals surface area contributed by atoms with Crippen molar-refractivity contribution in [1.29, 1.82) is 0 Å². The maximum atomic E-state index is 12.8. The molecule has 1 aromatic heterocycles. The van der Waals surface area contributed by atoms with Gasteiger partial charge < -0.3 is 4.42 Å². The van der Waals surface area contributed by atoms with Gasteiger partial charge in [-0.05, 0) is 24.1 Å². The van der Waals surface area contributed by atoms with Crippen LogP contribution in [0.25, 0.3) is 5.57 Å². The summed E-state index contributed by atoms with van der Waals surface area (Å²) in [5.74, 6) is 0.928. The smallest absolute Gasteiger partial charge is 0.267 e. The molecule has 0 aliphatic carbocycles. The van der Waals surface area contributed by atoms with Crippen LogP contribution in [0.4, 0.5) is 0 Å². The third-order valence-corrected chi connectivity index (χ3v) is 4.96. The molecule has 0 fully saturated rings. The highest BCUT2D eigenvalue weighted by molar-refractivity contribution is 8.03. The van der Waals surface area contributed by atoms with Crippen LogP contribution in [0.5, 0.6) is 0 Å². The number of unbranched alkanes of at least 4 members (excludes halogenated alkanes) is 1. The molecule has 5 heteroatoms. The monoisotopic (exact) mass is 341 g/mol. The highest BCUT2D eigenvalue weighted by Crippen LogP contribution is 2.37. The fraction of sp³-hybridized carbons (Fsp3) is 0.263. The number of amides is 2. The van der Waals surface area contributed by atoms with Crippen molar-refractivity contribution in [3.05, 3.63) is 65.0 Å². The summed E-state index contributed by atoms with van der Waals surface area (Å²) in [4.78, 5) is 27.4. The third kappa shape index (κ3) is 3.31. The molecule has 0 saturated heterocycles. The Bertz CT molecular complexity index is 750. The van der Waals surface area contributed by atoms with E-state index in [0.29, 0.717) is 22.8 Å². The SMILES string of the molecule is CCCCN1C(=O)C(SCc2ccco2)=C(c2ccccc2)C1=O. The van der Waals surface area contributed by atoms with Crippen LogP contribution in [0, 0.1) is 0 Å². The van der Waals surface area contributed by atoms with Crippen LogP contribution in [0.2, 0.25) is 0 Å². The van der Waals surface area contributed by atoms with Gasteiger partial charge in [0.15, 0.2) is 0 Å². The van der Waals surface area contributed by atoms with Gasteiger partial charge >= 0.3 is 0 Å². The normalized spacial score (nSPS) is 14.8. The summed E-state index contributed by atoms with van der Waals surface area (Å²) in [5, 5.41) is 0. The van der Waals surface area contributed by atoms with Crippen LogP contribution in [0.15, 0.2) is 58.1 Å². The number of furan rings is 1. The molecular weight excluding hydrogens is 322 g/mol. The van der Waals surface area contributed by atoms with E-state index in [4.69, 9.17) is 4.42 Å². The number of rotatable bonds is 7. The lowest BCUT2D eigenvalue weighted by Crippen LogP contribution is -2.32. The van der Waals surface area contributed by atoms with Gasteiger partial charge in [0.25, 0.3) is 11.8 Å². The topological polar surface area (TPSA) is 50.5 Å². The minimum absolute atomic E-state index is 0.191. The van der Waals surface area contributed by atoms with E-state index in [2.05, 4.69) is 0 Å². The summed E-state index contributed by atoms with van der Waals surface area (Å²) >= 11 is 1.37. The number of thioether (sulfide) groups is 1. The molecule has 0 radical (unpaired) electrons. The van der Waals surface area contributed by atoms with Gasteiger partial charge in [-0.3, -0.25) is 14.5 Å². The lowest BCUT2D eigenvalue weighted by Gasteiger charge is -2.14. The molecule has 0 spiro atoms. The number of hydrogen-bond acceptors (Lipinski definition) is 4. The predicted octanol–water partition coefficient (Wildman–Crippen LogP) is 4.09. The summed E-state index contributed by atoms with van der Waals surface area (Å²) in [6.07, 6.45) is 3.36. The quantitative estimate of drug-likeness (QED) is 0.712. The fourth-order valence-electron chi connectivity index (χ4n) is 2.60. The molecule has 0 N–H and O–H groups in total. The Kier molecular flexibility index (Phi) is 5.20. The highest BCUT2D eigenvalue weighted by atomic mass is 32.2. The molecule has 2 aromatic rings. The fourth-order valence-corrected chi connectivity index (χ4v) is 3.64. The van der Waals surface area contributed by atoms with E-state index < -0.39 is 0 Å². The molecule has 24 heavy (non-hydrogen) atoms. The molecule has 124 valence electrons. The van der Waals surface area contributed by atoms with E-state index in [9.17, 15) is 9.59 Å². The van der Waals surface area contributed by atoms with Crippen molar-refractivity contribution in [2.24, 2.45) is 0 Å². The number of carbonyl (C=O) groups excluding carboxylic acids is 2. The lowest BCUT2D eigenvalue weighted by molar-refractivity contribution is -0.136. The van der Waals surface area contributed by atoms with E-state index in [1.165, 1.54) is 16.7 Å². The molecular formula is C19H19NO3S. The molecule has 2 heterocycles. The van der Waals surface area contributed by atoms with Gasteiger partial charge in [-0.2, -0.15) is 0 Å². The Morgan fingerprint density at radius 1 is 1.04 bits per heavy atom. The molecule has 0 bridgehead atoms. The zero-order chi connectivity index (χ0) is 16.9. The maximum Gasteiger partial charge on any atom is 0.267 e. The van der Waals surface area contributed by atoms with Crippen LogP contribution in [-0.2, 0) is 15.3 Å². The Hall–Kier alpha value is -2.27. The molecule has 0 saturated carbocycles. The molecule has 3 rings (SSSR count). The van der Waals surface area contributed by atoms with Crippen molar-refractivity contribution in [2.75, 3.05) is 6.54 Å². The molecule has 1 aromatic carbocycles. The first-order valence-electron chi connectivity index (χ1n) is 8.03. The predicted molar refractivity (Wildman–Crippen MR) is 95.0 cm³/mol. The first-order valence-corrected chi connectivity index (χ1v) is 9.02. The highest BCUT2D eigenvalue weighted by Gasteiger charge is 2.38. The van der Waals surface area contributed by atoms with Gasteiger partial charge in [0, 0.05) is 6.54 Å². The summed E-state index contributed by atoms with van der Waals surface area (Å²) in [7, 11) is 0. The first kappa shape index (κ1) is 16.6. The number of nitrogens with zero attached hydrogens (tertiary/aromatic N) is 1. The number of carbonyl (C=O) groups is 2. The third-order valence-electron chi connectivity index (χ3n) is 3.86. The van der Waals surface area contributed by atoms with Crippen molar-refractivity contribution in [2.45, 2.75) is 25.5 Å². The van der Waals surface area contributed by atoms with E-state index in [1.54, 1.807) is 6.26 Å². The van der Waals surface area contributed by atoms with Gasteiger partial charge in [-0.15, -0.1) is 11.8 Å². The molecule has 1 aliphatic rings. The average Bonchev–Trinajstić information content (AvgIpc) is 3.19. The van der Waals surface area contributed by atoms with Gasteiger partial charge in [-0.25, -0.2) is 0 Å². The number of imide groups is 1. The van der Waals surface area contributed by atoms with Gasteiger partial charge in [0.2, 0.25) is 0 Å². The zero-order valence-electron chi connectivity index (χ0n) is 13.5. The van der Waals surface area contributed by atoms with Crippen molar-refractivity contribution >= 4 is 29.1 Å². The second-order valence-corrected chi connectivity index (χ2v) is 6.54. The van der Waals surface area contributed by atoms with Crippen molar-refractivity contribution in [3.63, 3.8) is 0 Å². The minimum Gasteiger partial charge on any atom is -0.468 e. The van der Waals surface area contributed by atoms with Crippen molar-refractivity contribution in [3.8, 4) is 0 Å². The second kappa shape index (κ2) is 7.53. The van der Waals surface area contributed by atoms with Crippen LogP contribution < -0.4 is 0 Å². The van der Waals surface area contributed by atoms with Crippen LogP contribution in [0.1, 0.15) is 31.1 Å². The van der Waals surface area contributed by atoms with Crippen molar-refractivity contribution in [1.82, 2.24) is 4.90 Å². The summed E-state index contributed by atoms with van der Waals surface area (Å²) in [6, 6.07) is 13.1. The van der Waals surface area contributed by atoms with Crippen LogP contribution >= 0.6 is 11.8 Å². The molecule has 0 atom stereocenters. The Morgan fingerprint density at radius 3 is 2.50 bits per heavy atom. The molecule has 2 amide bonds. The minimum atomic E-state index is -0.193. The standard InChI is InChI=1S/C19H19NO3S/c1-2-3-11-20-18(21)16(14-8-5-4-6-9-14)17(19(20)22)24-13-15-10-7-12-23-15/h4-10,12H,2-3,11,13H2,1H3. The van der Waals surface area contributed by atoms with Gasteiger partial charge in [-0.1, -0.05) is 43.7 Å². The van der Waals surface area contributed by atoms with Crippen LogP contribution in [0.3, 0.4) is 0 Å². The van der Waals surface area contributed by atoms with E-state index in [1.807, 2.05) is 49.4 Å². The summed E-state index contributed by atoms with van der Waals surface area (Å²) < 4.78 is 5.33. The molecule has 0 unspecified atom stereocenters. The lowest BCUT2D eigenvalue weighted by atomic mass is 10.1. The van der Waals surface area contributed by atoms with Crippen LogP contribution in [-0.4, -0.2) is 23.3 Å². The molecule has 1 aliphatic heterocycles. The maximum absolute atomic E-state index is 12.8. The number of benzene rings is 1. The average molecular weight is 341 g/mol.